The minimum Gasteiger partial charge on any atom is -0.377 e. The van der Waals surface area contributed by atoms with E-state index < -0.39 is 0 Å². The summed E-state index contributed by atoms with van der Waals surface area (Å²) >= 11 is 0. The SMILES string of the molecule is CC(C)c1cc(C(=O)N2CCOC[C@@H]2c2cccn2C)n[nH]1. The van der Waals surface area contributed by atoms with Crippen molar-refractivity contribution in [3.63, 3.8) is 0 Å². The molecule has 0 aromatic carbocycles. The van der Waals surface area contributed by atoms with Crippen LogP contribution in [0.2, 0.25) is 0 Å². The molecule has 1 amide bonds. The molecule has 1 fully saturated rings. The van der Waals surface area contributed by atoms with Gasteiger partial charge in [0, 0.05) is 31.2 Å². The maximum atomic E-state index is 12.8. The summed E-state index contributed by atoms with van der Waals surface area (Å²) in [5.74, 6) is 0.278. The molecule has 0 radical (unpaired) electrons. The number of H-pyrrole nitrogens is 1. The van der Waals surface area contributed by atoms with Crippen molar-refractivity contribution in [3.8, 4) is 0 Å². The summed E-state index contributed by atoms with van der Waals surface area (Å²) in [7, 11) is 1.98. The predicted molar refractivity (Wildman–Crippen MR) is 82.7 cm³/mol. The second-order valence-corrected chi connectivity index (χ2v) is 6.00. The van der Waals surface area contributed by atoms with Gasteiger partial charge in [0.1, 0.15) is 5.69 Å². The first-order valence-electron chi connectivity index (χ1n) is 7.63. The van der Waals surface area contributed by atoms with Crippen LogP contribution in [-0.2, 0) is 11.8 Å². The molecule has 0 aliphatic carbocycles. The van der Waals surface area contributed by atoms with Crippen LogP contribution in [0.4, 0.5) is 0 Å². The largest absolute Gasteiger partial charge is 0.377 e. The summed E-state index contributed by atoms with van der Waals surface area (Å²) in [6.07, 6.45) is 1.98. The molecule has 0 spiro atoms. The molecule has 2 aromatic rings. The average Bonchev–Trinajstić information content (AvgIpc) is 3.15. The molecule has 118 valence electrons. The van der Waals surface area contributed by atoms with Crippen molar-refractivity contribution < 1.29 is 9.53 Å². The van der Waals surface area contributed by atoms with E-state index >= 15 is 0 Å². The van der Waals surface area contributed by atoms with Gasteiger partial charge in [0.25, 0.3) is 5.91 Å². The van der Waals surface area contributed by atoms with Crippen molar-refractivity contribution in [1.29, 1.82) is 0 Å². The van der Waals surface area contributed by atoms with Crippen LogP contribution in [0.5, 0.6) is 0 Å². The topological polar surface area (TPSA) is 63.1 Å². The Balaban J connectivity index is 1.86. The fourth-order valence-corrected chi connectivity index (χ4v) is 2.80. The van der Waals surface area contributed by atoms with Gasteiger partial charge in [-0.3, -0.25) is 9.89 Å². The summed E-state index contributed by atoms with van der Waals surface area (Å²) in [4.78, 5) is 14.7. The van der Waals surface area contributed by atoms with Crippen LogP contribution in [-0.4, -0.2) is 45.3 Å². The van der Waals surface area contributed by atoms with Crippen molar-refractivity contribution >= 4 is 5.91 Å². The van der Waals surface area contributed by atoms with E-state index in [4.69, 9.17) is 4.74 Å². The number of aryl methyl sites for hydroxylation is 1. The molecule has 1 atom stereocenters. The average molecular weight is 302 g/mol. The van der Waals surface area contributed by atoms with E-state index in [2.05, 4.69) is 24.0 Å². The van der Waals surface area contributed by atoms with Gasteiger partial charge in [-0.25, -0.2) is 0 Å². The molecule has 3 heterocycles. The Morgan fingerprint density at radius 2 is 2.32 bits per heavy atom. The molecule has 22 heavy (non-hydrogen) atoms. The number of nitrogens with zero attached hydrogens (tertiary/aromatic N) is 3. The van der Waals surface area contributed by atoms with E-state index in [1.54, 1.807) is 0 Å². The van der Waals surface area contributed by atoms with Crippen LogP contribution in [0.1, 0.15) is 47.7 Å². The summed E-state index contributed by atoms with van der Waals surface area (Å²) in [6, 6.07) is 5.80. The lowest BCUT2D eigenvalue weighted by Crippen LogP contribution is -2.44. The highest BCUT2D eigenvalue weighted by molar-refractivity contribution is 5.92. The van der Waals surface area contributed by atoms with E-state index in [0.29, 0.717) is 31.4 Å². The lowest BCUT2D eigenvalue weighted by atomic mass is 10.1. The summed E-state index contributed by atoms with van der Waals surface area (Å²) in [5.41, 5.74) is 2.53. The molecule has 1 aliphatic heterocycles. The van der Waals surface area contributed by atoms with Crippen LogP contribution in [0.15, 0.2) is 24.4 Å². The van der Waals surface area contributed by atoms with E-state index in [-0.39, 0.29) is 11.9 Å². The van der Waals surface area contributed by atoms with Gasteiger partial charge in [-0.05, 0) is 24.1 Å². The van der Waals surface area contributed by atoms with Gasteiger partial charge in [0.15, 0.2) is 0 Å². The highest BCUT2D eigenvalue weighted by atomic mass is 16.5. The van der Waals surface area contributed by atoms with Crippen molar-refractivity contribution in [1.82, 2.24) is 19.7 Å². The van der Waals surface area contributed by atoms with Gasteiger partial charge in [-0.2, -0.15) is 5.10 Å². The zero-order chi connectivity index (χ0) is 15.7. The van der Waals surface area contributed by atoms with Gasteiger partial charge in [0.2, 0.25) is 0 Å². The highest BCUT2D eigenvalue weighted by Gasteiger charge is 2.31. The van der Waals surface area contributed by atoms with Crippen molar-refractivity contribution in [3.05, 3.63) is 41.5 Å². The van der Waals surface area contributed by atoms with Gasteiger partial charge in [-0.15, -0.1) is 0 Å². The number of nitrogens with one attached hydrogen (secondary N) is 1. The molecule has 6 nitrogen and oxygen atoms in total. The summed E-state index contributed by atoms with van der Waals surface area (Å²) in [5, 5.41) is 7.14. The number of ether oxygens (including phenoxy) is 1. The molecule has 1 aliphatic rings. The molecule has 6 heteroatoms. The Labute approximate surface area is 130 Å². The van der Waals surface area contributed by atoms with Crippen molar-refractivity contribution in [2.75, 3.05) is 19.8 Å². The number of carbonyl (C=O) groups is 1. The standard InChI is InChI=1S/C16H22N4O2/c1-11(2)12-9-13(18-17-12)16(21)20-7-8-22-10-15(20)14-5-4-6-19(14)3/h4-6,9,11,15H,7-8,10H2,1-3H3,(H,17,18)/t15-/m1/s1. The van der Waals surface area contributed by atoms with Crippen molar-refractivity contribution in [2.24, 2.45) is 7.05 Å². The Morgan fingerprint density at radius 1 is 1.50 bits per heavy atom. The number of aromatic nitrogens is 3. The predicted octanol–water partition coefficient (Wildman–Crippen LogP) is 2.09. The minimum absolute atomic E-state index is 0.0438. The van der Waals surface area contributed by atoms with Crippen molar-refractivity contribution in [2.45, 2.75) is 25.8 Å². The maximum Gasteiger partial charge on any atom is 0.275 e. The van der Waals surface area contributed by atoms with E-state index in [1.807, 2.05) is 40.9 Å². The number of aromatic amines is 1. The quantitative estimate of drug-likeness (QED) is 0.944. The van der Waals surface area contributed by atoms with Crippen LogP contribution < -0.4 is 0 Å². The number of carbonyl (C=O) groups excluding carboxylic acids is 1. The van der Waals surface area contributed by atoms with Crippen LogP contribution in [0.25, 0.3) is 0 Å². The zero-order valence-corrected chi connectivity index (χ0v) is 13.2. The summed E-state index contributed by atoms with van der Waals surface area (Å²) in [6.45, 7) is 5.81. The van der Waals surface area contributed by atoms with E-state index in [0.717, 1.165) is 11.4 Å². The fourth-order valence-electron chi connectivity index (χ4n) is 2.80. The monoisotopic (exact) mass is 302 g/mol. The first-order valence-corrected chi connectivity index (χ1v) is 7.63. The van der Waals surface area contributed by atoms with Gasteiger partial charge in [-0.1, -0.05) is 13.8 Å². The second-order valence-electron chi connectivity index (χ2n) is 6.00. The van der Waals surface area contributed by atoms with Crippen LogP contribution in [0.3, 0.4) is 0 Å². The highest BCUT2D eigenvalue weighted by Crippen LogP contribution is 2.26. The van der Waals surface area contributed by atoms with Gasteiger partial charge >= 0.3 is 0 Å². The number of amides is 1. The number of rotatable bonds is 3. The van der Waals surface area contributed by atoms with Gasteiger partial charge < -0.3 is 14.2 Å². The smallest absolute Gasteiger partial charge is 0.275 e. The van der Waals surface area contributed by atoms with Crippen LogP contribution in [0, 0.1) is 0 Å². The second kappa shape index (κ2) is 5.96. The van der Waals surface area contributed by atoms with E-state index in [1.165, 1.54) is 0 Å². The maximum absolute atomic E-state index is 12.8. The number of hydrogen-bond acceptors (Lipinski definition) is 3. The molecule has 0 unspecified atom stereocenters. The Morgan fingerprint density at radius 3 is 2.95 bits per heavy atom. The molecule has 3 rings (SSSR count). The first kappa shape index (κ1) is 14.8. The lowest BCUT2D eigenvalue weighted by molar-refractivity contribution is -0.00494. The molecule has 0 bridgehead atoms. The summed E-state index contributed by atoms with van der Waals surface area (Å²) < 4.78 is 7.62. The number of hydrogen-bond donors (Lipinski definition) is 1. The fraction of sp³-hybridized carbons (Fsp3) is 0.500. The Kier molecular flexibility index (Phi) is 4.02. The number of morpholine rings is 1. The Hall–Kier alpha value is -2.08. The molecular weight excluding hydrogens is 280 g/mol. The molecule has 0 saturated carbocycles. The molecular formula is C16H22N4O2. The van der Waals surface area contributed by atoms with Crippen LogP contribution >= 0.6 is 0 Å². The Bertz CT molecular complexity index is 659. The third kappa shape index (κ3) is 2.66. The first-order chi connectivity index (χ1) is 10.6. The van der Waals surface area contributed by atoms with Gasteiger partial charge in [0.05, 0.1) is 19.3 Å². The third-order valence-corrected chi connectivity index (χ3v) is 4.15. The zero-order valence-electron chi connectivity index (χ0n) is 13.2. The molecule has 2 aromatic heterocycles. The van der Waals surface area contributed by atoms with E-state index in [9.17, 15) is 4.79 Å². The lowest BCUT2D eigenvalue weighted by Gasteiger charge is -2.35. The normalized spacial score (nSPS) is 18.9. The minimum atomic E-state index is -0.0690. The molecule has 1 saturated heterocycles. The third-order valence-electron chi connectivity index (χ3n) is 4.15. The molecule has 1 N–H and O–H groups in total.